The lowest BCUT2D eigenvalue weighted by molar-refractivity contribution is -0.116. The minimum absolute atomic E-state index is 0.102. The summed E-state index contributed by atoms with van der Waals surface area (Å²) >= 11 is 0. The summed E-state index contributed by atoms with van der Waals surface area (Å²) in [5.41, 5.74) is 1.13. The molecule has 1 amide bonds. The van der Waals surface area contributed by atoms with E-state index in [2.05, 4.69) is 15.4 Å². The summed E-state index contributed by atoms with van der Waals surface area (Å²) in [5.74, 6) is -0.156. The number of hydrogen-bond donors (Lipinski definition) is 1. The molecule has 0 unspecified atom stereocenters. The monoisotopic (exact) mass is 407 g/mol. The molecule has 1 N–H and O–H groups in total. The van der Waals surface area contributed by atoms with Crippen molar-refractivity contribution < 1.29 is 13.9 Å². The molecule has 2 aromatic heterocycles. The second-order valence-corrected chi connectivity index (χ2v) is 6.64. The minimum Gasteiger partial charge on any atom is -0.489 e. The summed E-state index contributed by atoms with van der Waals surface area (Å²) in [7, 11) is 1.69. The van der Waals surface area contributed by atoms with Gasteiger partial charge in [0.25, 0.3) is 5.56 Å². The van der Waals surface area contributed by atoms with Gasteiger partial charge in [-0.2, -0.15) is 5.10 Å². The van der Waals surface area contributed by atoms with E-state index in [1.807, 2.05) is 0 Å². The van der Waals surface area contributed by atoms with Gasteiger partial charge in [0.05, 0.1) is 6.20 Å². The molecule has 0 fully saturated rings. The average molecular weight is 407 g/mol. The lowest BCUT2D eigenvalue weighted by Gasteiger charge is -2.10. The lowest BCUT2D eigenvalue weighted by atomic mass is 10.2. The number of anilines is 1. The van der Waals surface area contributed by atoms with Gasteiger partial charge in [0.15, 0.2) is 5.65 Å². The van der Waals surface area contributed by atoms with Crippen molar-refractivity contribution in [1.29, 1.82) is 0 Å². The number of ether oxygens (including phenoxy) is 1. The number of rotatable bonds is 6. The molecule has 9 heteroatoms. The second-order valence-electron chi connectivity index (χ2n) is 6.64. The number of aryl methyl sites for hydroxylation is 1. The zero-order valence-electron chi connectivity index (χ0n) is 16.1. The molecule has 0 bridgehead atoms. The summed E-state index contributed by atoms with van der Waals surface area (Å²) in [6.45, 7) is -0.0761. The molecule has 0 spiro atoms. The van der Waals surface area contributed by atoms with Crippen LogP contribution in [0, 0.1) is 5.82 Å². The van der Waals surface area contributed by atoms with Crippen LogP contribution >= 0.6 is 0 Å². The molecule has 0 saturated heterocycles. The maximum Gasteiger partial charge on any atom is 0.264 e. The molecule has 0 aliphatic rings. The van der Waals surface area contributed by atoms with Gasteiger partial charge >= 0.3 is 0 Å². The highest BCUT2D eigenvalue weighted by Gasteiger charge is 2.11. The van der Waals surface area contributed by atoms with Crippen LogP contribution < -0.4 is 15.6 Å². The molecule has 30 heavy (non-hydrogen) atoms. The fraction of sp³-hybridized carbons (Fsp3) is 0.143. The van der Waals surface area contributed by atoms with Crippen LogP contribution in [0.3, 0.4) is 0 Å². The molecule has 0 saturated carbocycles. The zero-order valence-corrected chi connectivity index (χ0v) is 16.1. The van der Waals surface area contributed by atoms with E-state index in [0.717, 1.165) is 0 Å². The molecule has 152 valence electrons. The van der Waals surface area contributed by atoms with E-state index >= 15 is 0 Å². The first-order valence-electron chi connectivity index (χ1n) is 9.14. The predicted octanol–water partition coefficient (Wildman–Crippen LogP) is 2.49. The quantitative estimate of drug-likeness (QED) is 0.530. The van der Waals surface area contributed by atoms with Crippen molar-refractivity contribution in [3.8, 4) is 5.75 Å². The Bertz CT molecular complexity index is 1260. The van der Waals surface area contributed by atoms with E-state index in [1.54, 1.807) is 49.5 Å². The number of nitrogens with one attached hydrogen (secondary N) is 1. The average Bonchev–Trinajstić information content (AvgIpc) is 3.12. The highest BCUT2D eigenvalue weighted by molar-refractivity contribution is 5.90. The maximum atomic E-state index is 13.6. The van der Waals surface area contributed by atoms with Crippen LogP contribution in [0.15, 0.2) is 65.8 Å². The Morgan fingerprint density at radius 1 is 1.17 bits per heavy atom. The van der Waals surface area contributed by atoms with Gasteiger partial charge in [-0.1, -0.05) is 18.2 Å². The number of nitrogens with zero attached hydrogens (tertiary/aromatic N) is 4. The molecule has 0 radical (unpaired) electrons. The third-order valence-electron chi connectivity index (χ3n) is 4.52. The first-order valence-corrected chi connectivity index (χ1v) is 9.14. The topological polar surface area (TPSA) is 91.0 Å². The van der Waals surface area contributed by atoms with Crippen molar-refractivity contribution in [3.05, 3.63) is 82.8 Å². The Balaban J connectivity index is 1.37. The number of fused-ring (bicyclic) bond motifs is 1. The number of carbonyl (C=O) groups excluding carboxylic acids is 1. The first-order chi connectivity index (χ1) is 14.5. The van der Waals surface area contributed by atoms with E-state index in [1.165, 1.54) is 27.8 Å². The third-order valence-corrected chi connectivity index (χ3v) is 4.52. The van der Waals surface area contributed by atoms with Gasteiger partial charge in [-0.3, -0.25) is 18.8 Å². The van der Waals surface area contributed by atoms with E-state index in [4.69, 9.17) is 4.74 Å². The Labute approximate surface area is 170 Å². The van der Waals surface area contributed by atoms with E-state index in [-0.39, 0.29) is 30.4 Å². The number of hydrogen-bond acceptors (Lipinski definition) is 5. The van der Waals surface area contributed by atoms with Crippen LogP contribution in [-0.4, -0.2) is 25.2 Å². The van der Waals surface area contributed by atoms with Crippen LogP contribution in [0.4, 0.5) is 10.1 Å². The van der Waals surface area contributed by atoms with Crippen molar-refractivity contribution in [2.75, 3.05) is 5.32 Å². The van der Waals surface area contributed by atoms with Crippen molar-refractivity contribution in [3.63, 3.8) is 0 Å². The summed E-state index contributed by atoms with van der Waals surface area (Å²) in [4.78, 5) is 28.9. The third kappa shape index (κ3) is 4.04. The number of aromatic nitrogens is 4. The zero-order chi connectivity index (χ0) is 21.1. The molecular formula is C21H18FN5O3. The summed E-state index contributed by atoms with van der Waals surface area (Å²) < 4.78 is 21.9. The van der Waals surface area contributed by atoms with Gasteiger partial charge in [-0.05, 0) is 30.3 Å². The Kier molecular flexibility index (Phi) is 5.25. The van der Waals surface area contributed by atoms with Crippen LogP contribution in [0.1, 0.15) is 5.56 Å². The van der Waals surface area contributed by atoms with E-state index in [0.29, 0.717) is 28.0 Å². The molecule has 2 heterocycles. The summed E-state index contributed by atoms with van der Waals surface area (Å²) in [6, 6.07) is 13.1. The molecule has 4 rings (SSSR count). The molecule has 0 aliphatic heterocycles. The van der Waals surface area contributed by atoms with Gasteiger partial charge in [-0.15, -0.1) is 0 Å². The van der Waals surface area contributed by atoms with E-state index in [9.17, 15) is 14.0 Å². The molecule has 0 atom stereocenters. The highest BCUT2D eigenvalue weighted by atomic mass is 19.1. The van der Waals surface area contributed by atoms with Crippen molar-refractivity contribution in [2.24, 2.45) is 7.05 Å². The number of carbonyl (C=O) groups is 1. The van der Waals surface area contributed by atoms with Crippen LogP contribution in [-0.2, 0) is 25.0 Å². The van der Waals surface area contributed by atoms with Crippen LogP contribution in [0.5, 0.6) is 5.75 Å². The molecule has 2 aromatic carbocycles. The SMILES string of the molecule is Cn1ncc2c(=O)n(CC(=O)Nc3ccc(OCc4ccccc4F)cc3)cnc21. The highest BCUT2D eigenvalue weighted by Crippen LogP contribution is 2.18. The minimum atomic E-state index is -0.373. The summed E-state index contributed by atoms with van der Waals surface area (Å²) in [5, 5.41) is 7.07. The Morgan fingerprint density at radius 2 is 1.93 bits per heavy atom. The Morgan fingerprint density at radius 3 is 2.70 bits per heavy atom. The first kappa shape index (κ1) is 19.3. The Hall–Kier alpha value is -4.01. The number of amides is 1. The van der Waals surface area contributed by atoms with Crippen molar-refractivity contribution in [1.82, 2.24) is 19.3 Å². The normalized spacial score (nSPS) is 10.9. The van der Waals surface area contributed by atoms with Crippen molar-refractivity contribution >= 4 is 22.6 Å². The van der Waals surface area contributed by atoms with Gasteiger partial charge in [-0.25, -0.2) is 9.37 Å². The van der Waals surface area contributed by atoms with Gasteiger partial charge in [0.1, 0.15) is 36.4 Å². The van der Waals surface area contributed by atoms with Crippen LogP contribution in [0.25, 0.3) is 11.0 Å². The molecular weight excluding hydrogens is 389 g/mol. The second kappa shape index (κ2) is 8.16. The predicted molar refractivity (Wildman–Crippen MR) is 109 cm³/mol. The smallest absolute Gasteiger partial charge is 0.264 e. The van der Waals surface area contributed by atoms with E-state index < -0.39 is 0 Å². The molecule has 0 aliphatic carbocycles. The summed E-state index contributed by atoms with van der Waals surface area (Å²) in [6.07, 6.45) is 2.75. The van der Waals surface area contributed by atoms with Crippen molar-refractivity contribution in [2.45, 2.75) is 13.2 Å². The molecule has 8 nitrogen and oxygen atoms in total. The fourth-order valence-electron chi connectivity index (χ4n) is 2.95. The molecule has 4 aromatic rings. The maximum absolute atomic E-state index is 13.6. The van der Waals surface area contributed by atoms with Gasteiger partial charge in [0, 0.05) is 18.3 Å². The van der Waals surface area contributed by atoms with Crippen LogP contribution in [0.2, 0.25) is 0 Å². The fourth-order valence-corrected chi connectivity index (χ4v) is 2.95. The lowest BCUT2D eigenvalue weighted by Crippen LogP contribution is -2.27. The largest absolute Gasteiger partial charge is 0.489 e. The standard InChI is InChI=1S/C21H18FN5O3/c1-26-20-17(10-24-26)21(29)27(13-23-20)11-19(28)25-15-6-8-16(9-7-15)30-12-14-4-2-3-5-18(14)22/h2-10,13H,11-12H2,1H3,(H,25,28). The number of benzene rings is 2. The van der Waals surface area contributed by atoms with Gasteiger partial charge < -0.3 is 10.1 Å². The van der Waals surface area contributed by atoms with Gasteiger partial charge in [0.2, 0.25) is 5.91 Å². The number of halogens is 1.